The molecule has 0 aliphatic heterocycles. The molecule has 0 aliphatic carbocycles. The number of carbonyl (C=O) groups is 1. The number of thiazole rings is 1. The number of hydrogen-bond donors (Lipinski definition) is 2. The van der Waals surface area contributed by atoms with E-state index >= 15 is 0 Å². The van der Waals surface area contributed by atoms with Gasteiger partial charge in [-0.15, -0.1) is 11.3 Å². The van der Waals surface area contributed by atoms with E-state index in [0.29, 0.717) is 17.4 Å². The molecule has 0 fully saturated rings. The normalized spacial score (nSPS) is 11.3. The second-order valence-electron chi connectivity index (χ2n) is 4.52. The Balaban J connectivity index is 2.04. The highest BCUT2D eigenvalue weighted by Crippen LogP contribution is 2.27. The topological polar surface area (TPSA) is 88.0 Å². The van der Waals surface area contributed by atoms with Gasteiger partial charge < -0.3 is 10.4 Å². The third kappa shape index (κ3) is 3.05. The zero-order chi connectivity index (χ0) is 13.9. The number of rotatable bonds is 5. The van der Waals surface area contributed by atoms with Crippen LogP contribution in [0.15, 0.2) is 24.0 Å². The highest BCUT2D eigenvalue weighted by atomic mass is 32.1. The fourth-order valence-corrected chi connectivity index (χ4v) is 2.22. The van der Waals surface area contributed by atoms with Gasteiger partial charge in [-0.3, -0.25) is 4.79 Å². The van der Waals surface area contributed by atoms with Crippen molar-refractivity contribution in [1.29, 1.82) is 0 Å². The smallest absolute Gasteiger partial charge is 0.315 e. The summed E-state index contributed by atoms with van der Waals surface area (Å²) >= 11 is 1.38. The van der Waals surface area contributed by atoms with Crippen LogP contribution in [0.5, 0.6) is 0 Å². The molecule has 2 rings (SSSR count). The van der Waals surface area contributed by atoms with Crippen molar-refractivity contribution in [1.82, 2.24) is 15.0 Å². The van der Waals surface area contributed by atoms with E-state index in [1.165, 1.54) is 17.7 Å². The molecule has 0 aromatic carbocycles. The van der Waals surface area contributed by atoms with Crippen LogP contribution in [0.4, 0.5) is 5.13 Å². The number of nitrogens with zero attached hydrogens (tertiary/aromatic N) is 3. The molecule has 100 valence electrons. The third-order valence-electron chi connectivity index (χ3n) is 2.74. The number of aliphatic carboxylic acids is 1. The van der Waals surface area contributed by atoms with Crippen molar-refractivity contribution in [2.24, 2.45) is 0 Å². The summed E-state index contributed by atoms with van der Waals surface area (Å²) in [5.74, 6) is -0.889. The van der Waals surface area contributed by atoms with E-state index in [4.69, 9.17) is 5.11 Å². The molecule has 0 saturated carbocycles. The van der Waals surface area contributed by atoms with Gasteiger partial charge in [0.2, 0.25) is 0 Å². The maximum absolute atomic E-state index is 11.1. The lowest BCUT2D eigenvalue weighted by Crippen LogP contribution is -2.28. The molecule has 2 aromatic heterocycles. The van der Waals surface area contributed by atoms with Crippen molar-refractivity contribution >= 4 is 22.4 Å². The quantitative estimate of drug-likeness (QED) is 0.868. The Morgan fingerprint density at radius 3 is 2.95 bits per heavy atom. The van der Waals surface area contributed by atoms with Crippen LogP contribution >= 0.6 is 11.3 Å². The SMILES string of the molecule is CC(C)(C(=O)O)c1csc(NCc2ccncn2)n1. The van der Waals surface area contributed by atoms with Gasteiger partial charge in [0.25, 0.3) is 0 Å². The molecule has 6 nitrogen and oxygen atoms in total. The van der Waals surface area contributed by atoms with E-state index in [1.807, 2.05) is 6.07 Å². The highest BCUT2D eigenvalue weighted by molar-refractivity contribution is 7.13. The monoisotopic (exact) mass is 278 g/mol. The molecular weight excluding hydrogens is 264 g/mol. The van der Waals surface area contributed by atoms with Crippen LogP contribution < -0.4 is 5.32 Å². The highest BCUT2D eigenvalue weighted by Gasteiger charge is 2.32. The molecule has 0 radical (unpaired) electrons. The summed E-state index contributed by atoms with van der Waals surface area (Å²) < 4.78 is 0. The lowest BCUT2D eigenvalue weighted by Gasteiger charge is -2.15. The first-order valence-corrected chi connectivity index (χ1v) is 6.56. The minimum Gasteiger partial charge on any atom is -0.481 e. The molecule has 2 N–H and O–H groups in total. The molecule has 0 aliphatic rings. The van der Waals surface area contributed by atoms with Crippen molar-refractivity contribution in [3.05, 3.63) is 35.4 Å². The largest absolute Gasteiger partial charge is 0.481 e. The summed E-state index contributed by atoms with van der Waals surface area (Å²) in [5.41, 5.74) is 0.421. The summed E-state index contributed by atoms with van der Waals surface area (Å²) in [6, 6.07) is 1.81. The number of aromatic nitrogens is 3. The van der Waals surface area contributed by atoms with Gasteiger partial charge in [0.1, 0.15) is 11.7 Å². The van der Waals surface area contributed by atoms with Gasteiger partial charge in [-0.05, 0) is 19.9 Å². The van der Waals surface area contributed by atoms with Gasteiger partial charge in [0.05, 0.1) is 17.9 Å². The Kier molecular flexibility index (Phi) is 3.75. The molecule has 2 aromatic rings. The van der Waals surface area contributed by atoms with E-state index in [0.717, 1.165) is 5.69 Å². The third-order valence-corrected chi connectivity index (χ3v) is 3.54. The number of carboxylic acids is 1. The molecule has 0 bridgehead atoms. The van der Waals surface area contributed by atoms with Crippen molar-refractivity contribution in [2.75, 3.05) is 5.32 Å². The molecule has 0 unspecified atom stereocenters. The van der Waals surface area contributed by atoms with Crippen LogP contribution in [0, 0.1) is 0 Å². The zero-order valence-corrected chi connectivity index (χ0v) is 11.4. The first kappa shape index (κ1) is 13.4. The number of hydrogen-bond acceptors (Lipinski definition) is 6. The van der Waals surface area contributed by atoms with E-state index in [-0.39, 0.29) is 0 Å². The standard InChI is InChI=1S/C12H14N4O2S/c1-12(2,10(17)18)9-6-19-11(16-9)14-5-8-3-4-13-7-15-8/h3-4,6-7H,5H2,1-2H3,(H,14,16)(H,17,18). The van der Waals surface area contributed by atoms with Crippen LogP contribution in [0.1, 0.15) is 25.2 Å². The first-order valence-electron chi connectivity index (χ1n) is 5.68. The summed E-state index contributed by atoms with van der Waals surface area (Å²) in [6.45, 7) is 3.81. The van der Waals surface area contributed by atoms with Gasteiger partial charge in [-0.25, -0.2) is 15.0 Å². The maximum atomic E-state index is 11.1. The van der Waals surface area contributed by atoms with Gasteiger partial charge in [0, 0.05) is 11.6 Å². The average molecular weight is 278 g/mol. The number of nitrogens with one attached hydrogen (secondary N) is 1. The van der Waals surface area contributed by atoms with Gasteiger partial charge in [-0.2, -0.15) is 0 Å². The Labute approximate surface area is 114 Å². The van der Waals surface area contributed by atoms with Crippen LogP contribution in [-0.4, -0.2) is 26.0 Å². The number of anilines is 1. The Morgan fingerprint density at radius 1 is 1.53 bits per heavy atom. The van der Waals surface area contributed by atoms with Crippen molar-refractivity contribution in [3.8, 4) is 0 Å². The lowest BCUT2D eigenvalue weighted by atomic mass is 9.90. The van der Waals surface area contributed by atoms with E-state index in [1.54, 1.807) is 25.4 Å². The molecule has 0 saturated heterocycles. The summed E-state index contributed by atoms with van der Waals surface area (Å²) in [7, 11) is 0. The fraction of sp³-hybridized carbons (Fsp3) is 0.333. The van der Waals surface area contributed by atoms with Crippen molar-refractivity contribution < 1.29 is 9.90 Å². The second-order valence-corrected chi connectivity index (χ2v) is 5.38. The molecular formula is C12H14N4O2S. The summed E-state index contributed by atoms with van der Waals surface area (Å²) in [4.78, 5) is 23.4. The zero-order valence-electron chi connectivity index (χ0n) is 10.6. The molecule has 0 atom stereocenters. The van der Waals surface area contributed by atoms with Crippen LogP contribution in [0.2, 0.25) is 0 Å². The van der Waals surface area contributed by atoms with Crippen molar-refractivity contribution in [2.45, 2.75) is 25.8 Å². The van der Waals surface area contributed by atoms with Crippen molar-refractivity contribution in [3.63, 3.8) is 0 Å². The fourth-order valence-electron chi connectivity index (χ4n) is 1.34. The first-order chi connectivity index (χ1) is 9.00. The summed E-state index contributed by atoms with van der Waals surface area (Å²) in [6.07, 6.45) is 3.16. The molecule has 7 heteroatoms. The molecule has 0 amide bonds. The van der Waals surface area contributed by atoms with Gasteiger partial charge in [0.15, 0.2) is 5.13 Å². The minimum atomic E-state index is -0.981. The van der Waals surface area contributed by atoms with Gasteiger partial charge >= 0.3 is 5.97 Å². The van der Waals surface area contributed by atoms with Crippen LogP contribution in [-0.2, 0) is 16.8 Å². The Morgan fingerprint density at radius 2 is 2.32 bits per heavy atom. The Hall–Kier alpha value is -2.02. The number of carboxylic acid groups (broad SMARTS) is 1. The summed E-state index contributed by atoms with van der Waals surface area (Å²) in [5, 5.41) is 14.7. The van der Waals surface area contributed by atoms with E-state index < -0.39 is 11.4 Å². The van der Waals surface area contributed by atoms with E-state index in [9.17, 15) is 4.79 Å². The van der Waals surface area contributed by atoms with E-state index in [2.05, 4.69) is 20.3 Å². The Bertz CT molecular complexity index is 568. The predicted molar refractivity (Wildman–Crippen MR) is 72.1 cm³/mol. The van der Waals surface area contributed by atoms with Gasteiger partial charge in [-0.1, -0.05) is 0 Å². The van der Waals surface area contributed by atoms with Crippen LogP contribution in [0.25, 0.3) is 0 Å². The molecule has 2 heterocycles. The average Bonchev–Trinajstić information content (AvgIpc) is 2.87. The predicted octanol–water partition coefficient (Wildman–Crippen LogP) is 1.91. The molecule has 0 spiro atoms. The maximum Gasteiger partial charge on any atom is 0.315 e. The molecule has 19 heavy (non-hydrogen) atoms. The lowest BCUT2D eigenvalue weighted by molar-refractivity contribution is -0.142. The van der Waals surface area contributed by atoms with Crippen LogP contribution in [0.3, 0.4) is 0 Å². The minimum absolute atomic E-state index is 0.531. The second kappa shape index (κ2) is 5.31.